The van der Waals surface area contributed by atoms with E-state index in [2.05, 4.69) is 5.32 Å². The lowest BCUT2D eigenvalue weighted by Crippen LogP contribution is -2.40. The maximum atomic E-state index is 9.64. The van der Waals surface area contributed by atoms with Gasteiger partial charge in [0.1, 0.15) is 0 Å². The minimum atomic E-state index is -1.07. The molecule has 96 valence electrons. The fourth-order valence-corrected chi connectivity index (χ4v) is 1.55. The predicted molar refractivity (Wildman–Crippen MR) is 66.6 cm³/mol. The zero-order valence-corrected chi connectivity index (χ0v) is 10.4. The summed E-state index contributed by atoms with van der Waals surface area (Å²) in [5.41, 5.74) is 1.20. The summed E-state index contributed by atoms with van der Waals surface area (Å²) in [5, 5.41) is 21.7. The maximum absolute atomic E-state index is 9.64. The van der Waals surface area contributed by atoms with Crippen LogP contribution in [0.4, 0.5) is 0 Å². The van der Waals surface area contributed by atoms with Gasteiger partial charge in [0.05, 0.1) is 18.8 Å². The number of ether oxygens (including phenoxy) is 1. The zero-order chi connectivity index (χ0) is 12.7. The Hall–Kier alpha value is -0.940. The molecule has 1 aromatic carbocycles. The van der Waals surface area contributed by atoms with Crippen LogP contribution in [0.25, 0.3) is 0 Å². The minimum absolute atomic E-state index is 0.250. The van der Waals surface area contributed by atoms with Crippen LogP contribution in [0.3, 0.4) is 0 Å². The Morgan fingerprint density at radius 3 is 2.53 bits per heavy atom. The highest BCUT2D eigenvalue weighted by Gasteiger charge is 2.17. The molecule has 1 aromatic rings. The molecule has 17 heavy (non-hydrogen) atoms. The number of hydrogen-bond donors (Lipinski definition) is 3. The molecular weight excluding hydrogens is 218 g/mol. The van der Waals surface area contributed by atoms with E-state index in [0.29, 0.717) is 19.7 Å². The van der Waals surface area contributed by atoms with Crippen LogP contribution in [0.5, 0.6) is 0 Å². The van der Waals surface area contributed by atoms with Gasteiger partial charge in [0.2, 0.25) is 0 Å². The highest BCUT2D eigenvalue weighted by molar-refractivity contribution is 5.26. The van der Waals surface area contributed by atoms with E-state index in [0.717, 1.165) is 11.1 Å². The summed E-state index contributed by atoms with van der Waals surface area (Å²) in [7, 11) is 1.67. The molecule has 1 atom stereocenters. The normalized spacial score (nSPS) is 14.6. The second kappa shape index (κ2) is 6.71. The summed E-state index contributed by atoms with van der Waals surface area (Å²) >= 11 is 0. The Morgan fingerprint density at radius 2 is 1.94 bits per heavy atom. The second-order valence-corrected chi connectivity index (χ2v) is 4.46. The molecule has 4 nitrogen and oxygen atoms in total. The third kappa shape index (κ3) is 4.83. The summed E-state index contributed by atoms with van der Waals surface area (Å²) < 4.78 is 5.12. The van der Waals surface area contributed by atoms with Crippen LogP contribution in [0.2, 0.25) is 0 Å². The van der Waals surface area contributed by atoms with Crippen molar-refractivity contribution in [1.82, 2.24) is 5.32 Å². The molecule has 0 saturated carbocycles. The quantitative estimate of drug-likeness (QED) is 0.654. The van der Waals surface area contributed by atoms with Crippen LogP contribution in [0.15, 0.2) is 24.3 Å². The van der Waals surface area contributed by atoms with Crippen molar-refractivity contribution in [3.63, 3.8) is 0 Å². The number of hydrogen-bond acceptors (Lipinski definition) is 4. The van der Waals surface area contributed by atoms with E-state index in [9.17, 15) is 5.11 Å². The van der Waals surface area contributed by atoms with Gasteiger partial charge in [-0.2, -0.15) is 0 Å². The van der Waals surface area contributed by atoms with Crippen LogP contribution in [0, 0.1) is 0 Å². The Balaban J connectivity index is 2.51. The molecule has 0 heterocycles. The van der Waals surface area contributed by atoms with Crippen molar-refractivity contribution < 1.29 is 14.9 Å². The first kappa shape index (κ1) is 14.1. The number of methoxy groups -OCH3 is 1. The van der Waals surface area contributed by atoms with E-state index in [1.807, 2.05) is 24.3 Å². The van der Waals surface area contributed by atoms with Crippen molar-refractivity contribution in [1.29, 1.82) is 0 Å². The molecule has 0 aliphatic carbocycles. The Bertz CT molecular complexity index is 339. The van der Waals surface area contributed by atoms with Crippen molar-refractivity contribution in [3.8, 4) is 0 Å². The SMILES string of the molecule is COCc1ccccc1CNCC(C)(O)CO. The smallest absolute Gasteiger partial charge is 0.0972 e. The molecular formula is C13H21NO3. The summed E-state index contributed by atoms with van der Waals surface area (Å²) in [6.07, 6.45) is 0. The lowest BCUT2D eigenvalue weighted by atomic mass is 10.1. The lowest BCUT2D eigenvalue weighted by Gasteiger charge is -2.21. The molecule has 0 aliphatic rings. The number of benzene rings is 1. The van der Waals surface area contributed by atoms with E-state index in [1.54, 1.807) is 14.0 Å². The average Bonchev–Trinajstić information content (AvgIpc) is 2.31. The number of aliphatic hydroxyl groups is 2. The van der Waals surface area contributed by atoms with Gasteiger partial charge in [-0.3, -0.25) is 0 Å². The lowest BCUT2D eigenvalue weighted by molar-refractivity contribution is 0.00251. The largest absolute Gasteiger partial charge is 0.393 e. The number of aliphatic hydroxyl groups excluding tert-OH is 1. The van der Waals surface area contributed by atoms with E-state index in [4.69, 9.17) is 9.84 Å². The molecule has 0 aliphatic heterocycles. The number of nitrogens with one attached hydrogen (secondary N) is 1. The Labute approximate surface area is 102 Å². The fourth-order valence-electron chi connectivity index (χ4n) is 1.55. The standard InChI is InChI=1S/C13H21NO3/c1-13(16,10-15)9-14-7-11-5-3-4-6-12(11)8-17-2/h3-6,14-16H,7-10H2,1-2H3. The van der Waals surface area contributed by atoms with Crippen molar-refractivity contribution in [2.75, 3.05) is 20.3 Å². The third-order valence-corrected chi connectivity index (χ3v) is 2.58. The molecule has 3 N–H and O–H groups in total. The predicted octanol–water partition coefficient (Wildman–Crippen LogP) is 0.666. The highest BCUT2D eigenvalue weighted by atomic mass is 16.5. The molecule has 0 fully saturated rings. The first-order valence-corrected chi connectivity index (χ1v) is 5.69. The monoisotopic (exact) mass is 239 g/mol. The van der Waals surface area contributed by atoms with Crippen molar-refractivity contribution in [3.05, 3.63) is 35.4 Å². The summed E-state index contributed by atoms with van der Waals surface area (Å²) in [4.78, 5) is 0. The second-order valence-electron chi connectivity index (χ2n) is 4.46. The highest BCUT2D eigenvalue weighted by Crippen LogP contribution is 2.10. The van der Waals surface area contributed by atoms with Gasteiger partial charge in [-0.25, -0.2) is 0 Å². The van der Waals surface area contributed by atoms with Gasteiger partial charge in [0.25, 0.3) is 0 Å². The zero-order valence-electron chi connectivity index (χ0n) is 10.4. The topological polar surface area (TPSA) is 61.7 Å². The van der Waals surface area contributed by atoms with Crippen LogP contribution in [-0.2, 0) is 17.9 Å². The molecule has 0 saturated heterocycles. The third-order valence-electron chi connectivity index (χ3n) is 2.58. The molecule has 0 spiro atoms. The van der Waals surface area contributed by atoms with Crippen LogP contribution in [-0.4, -0.2) is 36.1 Å². The minimum Gasteiger partial charge on any atom is -0.393 e. The molecule has 0 radical (unpaired) electrons. The molecule has 1 unspecified atom stereocenters. The van der Waals surface area contributed by atoms with Crippen molar-refractivity contribution >= 4 is 0 Å². The van der Waals surface area contributed by atoms with Gasteiger partial charge in [0, 0.05) is 20.2 Å². The van der Waals surface area contributed by atoms with E-state index < -0.39 is 5.60 Å². The van der Waals surface area contributed by atoms with E-state index in [-0.39, 0.29) is 6.61 Å². The summed E-state index contributed by atoms with van der Waals surface area (Å²) in [6, 6.07) is 7.99. The van der Waals surface area contributed by atoms with Crippen LogP contribution in [0.1, 0.15) is 18.1 Å². The molecule has 0 aromatic heterocycles. The van der Waals surface area contributed by atoms with Crippen molar-refractivity contribution in [2.24, 2.45) is 0 Å². The van der Waals surface area contributed by atoms with Gasteiger partial charge in [-0.15, -0.1) is 0 Å². The summed E-state index contributed by atoms with van der Waals surface area (Å²) in [6.45, 7) is 2.93. The van der Waals surface area contributed by atoms with Gasteiger partial charge in [-0.1, -0.05) is 24.3 Å². The first-order valence-electron chi connectivity index (χ1n) is 5.69. The average molecular weight is 239 g/mol. The molecule has 4 heteroatoms. The fraction of sp³-hybridized carbons (Fsp3) is 0.538. The van der Waals surface area contributed by atoms with Crippen LogP contribution < -0.4 is 5.32 Å². The summed E-state index contributed by atoms with van der Waals surface area (Å²) in [5.74, 6) is 0. The van der Waals surface area contributed by atoms with E-state index in [1.165, 1.54) is 0 Å². The molecule has 1 rings (SSSR count). The Kier molecular flexibility index (Phi) is 5.58. The Morgan fingerprint density at radius 1 is 1.29 bits per heavy atom. The molecule has 0 amide bonds. The molecule has 0 bridgehead atoms. The van der Waals surface area contributed by atoms with Gasteiger partial charge < -0.3 is 20.3 Å². The van der Waals surface area contributed by atoms with Gasteiger partial charge in [-0.05, 0) is 18.1 Å². The van der Waals surface area contributed by atoms with Gasteiger partial charge >= 0.3 is 0 Å². The van der Waals surface area contributed by atoms with Gasteiger partial charge in [0.15, 0.2) is 0 Å². The van der Waals surface area contributed by atoms with Crippen molar-refractivity contribution in [2.45, 2.75) is 25.7 Å². The maximum Gasteiger partial charge on any atom is 0.0972 e. The number of rotatable bonds is 7. The first-order chi connectivity index (χ1) is 8.09. The van der Waals surface area contributed by atoms with Crippen LogP contribution >= 0.6 is 0 Å². The van der Waals surface area contributed by atoms with E-state index >= 15 is 0 Å².